The Morgan fingerprint density at radius 1 is 1.47 bits per heavy atom. The minimum absolute atomic E-state index is 0.509. The Bertz CT molecular complexity index is 625. The molecule has 0 aliphatic carbocycles. The average molecular weight is 290 g/mol. The van der Waals surface area contributed by atoms with Gasteiger partial charge in [-0.3, -0.25) is 14.9 Å². The summed E-state index contributed by atoms with van der Waals surface area (Å²) in [7, 11) is -4.22. The van der Waals surface area contributed by atoms with Crippen molar-refractivity contribution >= 4 is 21.7 Å². The maximum absolute atomic E-state index is 11.8. The van der Waals surface area contributed by atoms with Crippen LogP contribution in [0.25, 0.3) is 0 Å². The minimum atomic E-state index is -4.22. The van der Waals surface area contributed by atoms with Gasteiger partial charge in [-0.1, -0.05) is 0 Å². The third-order valence-electron chi connectivity index (χ3n) is 2.16. The van der Waals surface area contributed by atoms with E-state index in [2.05, 4.69) is 0 Å². The molecule has 0 radical (unpaired) electrons. The Labute approximate surface area is 107 Å². The van der Waals surface area contributed by atoms with Crippen molar-refractivity contribution in [2.45, 2.75) is 17.9 Å². The Kier molecular flexibility index (Phi) is 4.07. The molecule has 0 unspecified atom stereocenters. The van der Waals surface area contributed by atoms with Crippen LogP contribution in [0, 0.1) is 10.1 Å². The summed E-state index contributed by atoms with van der Waals surface area (Å²) in [5.74, 6) is -2.08. The van der Waals surface area contributed by atoms with Crippen LogP contribution in [0.4, 0.5) is 5.69 Å². The summed E-state index contributed by atoms with van der Waals surface area (Å²) in [5.41, 5.74) is -0.786. The fourth-order valence-corrected chi connectivity index (χ4v) is 2.38. The normalized spacial score (nSPS) is 12.9. The van der Waals surface area contributed by atoms with E-state index in [9.17, 15) is 28.4 Å². The maximum Gasteiger partial charge on any atom is 0.321 e. The van der Waals surface area contributed by atoms with Gasteiger partial charge in [-0.05, 0) is 19.1 Å². The number of carboxylic acid groups (broad SMARTS) is 1. The summed E-state index contributed by atoms with van der Waals surface area (Å²) in [5, 5.41) is 28.4. The Morgan fingerprint density at radius 2 is 2.05 bits per heavy atom. The van der Waals surface area contributed by atoms with Crippen molar-refractivity contribution in [1.82, 2.24) is 4.72 Å². The number of nitrogens with zero attached hydrogens (tertiary/aromatic N) is 1. The Morgan fingerprint density at radius 3 is 2.53 bits per heavy atom. The highest BCUT2D eigenvalue weighted by Crippen LogP contribution is 2.28. The third-order valence-corrected chi connectivity index (χ3v) is 3.69. The van der Waals surface area contributed by atoms with Crippen molar-refractivity contribution < 1.29 is 28.3 Å². The van der Waals surface area contributed by atoms with Crippen LogP contribution in [0.15, 0.2) is 23.1 Å². The predicted molar refractivity (Wildman–Crippen MR) is 62.2 cm³/mol. The third kappa shape index (κ3) is 3.39. The molecule has 10 heteroatoms. The van der Waals surface area contributed by atoms with Crippen LogP contribution < -0.4 is 4.72 Å². The molecule has 0 spiro atoms. The van der Waals surface area contributed by atoms with Gasteiger partial charge in [0, 0.05) is 6.07 Å². The molecule has 19 heavy (non-hydrogen) atoms. The minimum Gasteiger partial charge on any atom is -0.502 e. The topological polar surface area (TPSA) is 147 Å². The molecule has 0 saturated carbocycles. The number of hydrogen-bond acceptors (Lipinski definition) is 6. The fraction of sp³-hybridized carbons (Fsp3) is 0.222. The largest absolute Gasteiger partial charge is 0.502 e. The number of benzene rings is 1. The number of phenols is 1. The van der Waals surface area contributed by atoms with E-state index in [4.69, 9.17) is 5.11 Å². The number of rotatable bonds is 5. The van der Waals surface area contributed by atoms with Crippen molar-refractivity contribution in [3.05, 3.63) is 28.3 Å². The van der Waals surface area contributed by atoms with Gasteiger partial charge in [0.05, 0.1) is 9.82 Å². The van der Waals surface area contributed by atoms with Gasteiger partial charge >= 0.3 is 11.7 Å². The van der Waals surface area contributed by atoms with E-state index >= 15 is 0 Å². The molecule has 1 rings (SSSR count). The molecule has 0 fully saturated rings. The van der Waals surface area contributed by atoms with Gasteiger partial charge in [0.1, 0.15) is 6.04 Å². The number of aromatic hydroxyl groups is 1. The van der Waals surface area contributed by atoms with Gasteiger partial charge in [0.25, 0.3) is 0 Å². The molecule has 9 nitrogen and oxygen atoms in total. The van der Waals surface area contributed by atoms with Crippen molar-refractivity contribution in [2.75, 3.05) is 0 Å². The number of carbonyl (C=O) groups is 1. The van der Waals surface area contributed by atoms with Gasteiger partial charge in [-0.2, -0.15) is 4.72 Å². The zero-order valence-electron chi connectivity index (χ0n) is 9.60. The molecule has 1 aromatic rings. The van der Waals surface area contributed by atoms with E-state index in [-0.39, 0.29) is 0 Å². The van der Waals surface area contributed by atoms with Gasteiger partial charge in [-0.15, -0.1) is 0 Å². The SMILES string of the molecule is C[C@H](NS(=O)(=O)c1ccc(O)c([N+](=O)[O-])c1)C(=O)O. The van der Waals surface area contributed by atoms with Crippen LogP contribution in [0.1, 0.15) is 6.92 Å². The van der Waals surface area contributed by atoms with E-state index in [1.165, 1.54) is 0 Å². The predicted octanol–water partition coefficient (Wildman–Crippen LogP) is 0.0518. The van der Waals surface area contributed by atoms with Crippen LogP contribution in [0.2, 0.25) is 0 Å². The van der Waals surface area contributed by atoms with E-state index in [1.807, 2.05) is 4.72 Å². The smallest absolute Gasteiger partial charge is 0.321 e. The molecule has 0 bridgehead atoms. The highest BCUT2D eigenvalue weighted by molar-refractivity contribution is 7.89. The lowest BCUT2D eigenvalue weighted by Crippen LogP contribution is -2.38. The second kappa shape index (κ2) is 5.20. The molecule has 0 saturated heterocycles. The fourth-order valence-electron chi connectivity index (χ4n) is 1.17. The van der Waals surface area contributed by atoms with Crippen LogP contribution in [0.3, 0.4) is 0 Å². The molecule has 1 atom stereocenters. The molecule has 0 aromatic heterocycles. The van der Waals surface area contributed by atoms with Crippen molar-refractivity contribution in [3.63, 3.8) is 0 Å². The molecule has 0 aliphatic heterocycles. The van der Waals surface area contributed by atoms with Crippen molar-refractivity contribution in [3.8, 4) is 5.75 Å². The summed E-state index contributed by atoms with van der Waals surface area (Å²) in [6, 6.07) is 1.03. The molecule has 3 N–H and O–H groups in total. The lowest BCUT2D eigenvalue weighted by atomic mass is 10.3. The monoisotopic (exact) mass is 290 g/mol. The van der Waals surface area contributed by atoms with E-state index in [1.54, 1.807) is 0 Å². The van der Waals surface area contributed by atoms with Gasteiger partial charge in [-0.25, -0.2) is 8.42 Å². The van der Waals surface area contributed by atoms with Crippen LogP contribution in [-0.2, 0) is 14.8 Å². The standard InChI is InChI=1S/C9H10N2O7S/c1-5(9(13)14)10-19(17,18)6-2-3-8(12)7(4-6)11(15)16/h2-5,10,12H,1H3,(H,13,14)/t5-/m0/s1. The summed E-state index contributed by atoms with van der Waals surface area (Å²) in [4.78, 5) is 19.7. The molecular weight excluding hydrogens is 280 g/mol. The number of sulfonamides is 1. The molecule has 1 aromatic carbocycles. The average Bonchev–Trinajstić information content (AvgIpc) is 2.27. The lowest BCUT2D eigenvalue weighted by Gasteiger charge is -2.10. The molecule has 0 aliphatic rings. The highest BCUT2D eigenvalue weighted by atomic mass is 32.2. The van der Waals surface area contributed by atoms with Crippen LogP contribution >= 0.6 is 0 Å². The zero-order chi connectivity index (χ0) is 14.8. The second-order valence-electron chi connectivity index (χ2n) is 3.59. The molecular formula is C9H10N2O7S. The molecule has 0 amide bonds. The van der Waals surface area contributed by atoms with Crippen LogP contribution in [0.5, 0.6) is 5.75 Å². The molecule has 104 valence electrons. The number of phenolic OH excluding ortho intramolecular Hbond substituents is 1. The summed E-state index contributed by atoms with van der Waals surface area (Å²) < 4.78 is 25.3. The van der Waals surface area contributed by atoms with Gasteiger partial charge in [0.2, 0.25) is 10.0 Å². The van der Waals surface area contributed by atoms with Crippen LogP contribution in [-0.4, -0.2) is 35.6 Å². The first-order chi connectivity index (χ1) is 8.65. The summed E-state index contributed by atoms with van der Waals surface area (Å²) in [6.07, 6.45) is 0. The van der Waals surface area contributed by atoms with Crippen molar-refractivity contribution in [2.24, 2.45) is 0 Å². The quantitative estimate of drug-likeness (QED) is 0.512. The molecule has 0 heterocycles. The second-order valence-corrected chi connectivity index (χ2v) is 5.30. The number of carboxylic acids is 1. The first kappa shape index (κ1) is 14.9. The summed E-state index contributed by atoms with van der Waals surface area (Å²) in [6.45, 7) is 1.11. The van der Waals surface area contributed by atoms with Crippen molar-refractivity contribution in [1.29, 1.82) is 0 Å². The van der Waals surface area contributed by atoms with Gasteiger partial charge in [0.15, 0.2) is 5.75 Å². The maximum atomic E-state index is 11.8. The first-order valence-corrected chi connectivity index (χ1v) is 6.36. The van der Waals surface area contributed by atoms with E-state index in [0.717, 1.165) is 19.1 Å². The number of aliphatic carboxylic acids is 1. The first-order valence-electron chi connectivity index (χ1n) is 4.87. The number of nitro groups is 1. The van der Waals surface area contributed by atoms with E-state index in [0.29, 0.717) is 6.07 Å². The highest BCUT2D eigenvalue weighted by Gasteiger charge is 2.24. The zero-order valence-corrected chi connectivity index (χ0v) is 10.4. The van der Waals surface area contributed by atoms with E-state index < -0.39 is 43.3 Å². The summed E-state index contributed by atoms with van der Waals surface area (Å²) >= 11 is 0. The number of hydrogen-bond donors (Lipinski definition) is 3. The van der Waals surface area contributed by atoms with Gasteiger partial charge < -0.3 is 10.2 Å². The number of nitro benzene ring substituents is 1. The Balaban J connectivity index is 3.19. The lowest BCUT2D eigenvalue weighted by molar-refractivity contribution is -0.386. The number of nitrogens with one attached hydrogen (secondary N) is 1. The Hall–Kier alpha value is -2.20.